The van der Waals surface area contributed by atoms with Crippen LogP contribution in [0.3, 0.4) is 0 Å². The van der Waals surface area contributed by atoms with Crippen molar-refractivity contribution in [2.75, 3.05) is 25.6 Å². The molecule has 0 aliphatic carbocycles. The van der Waals surface area contributed by atoms with Gasteiger partial charge in [0.2, 0.25) is 0 Å². The van der Waals surface area contributed by atoms with Crippen LogP contribution < -0.4 is 10.1 Å². The van der Waals surface area contributed by atoms with E-state index in [2.05, 4.69) is 15.3 Å². The minimum Gasteiger partial charge on any atom is -0.494 e. The minimum atomic E-state index is -0.464. The molecule has 5 nitrogen and oxygen atoms in total. The van der Waals surface area contributed by atoms with E-state index in [0.717, 1.165) is 12.0 Å². The van der Waals surface area contributed by atoms with Gasteiger partial charge in [-0.25, -0.2) is 14.4 Å². The van der Waals surface area contributed by atoms with E-state index in [0.29, 0.717) is 23.3 Å². The molecule has 0 saturated carbocycles. The van der Waals surface area contributed by atoms with Gasteiger partial charge in [-0.15, -0.1) is 0 Å². The molecule has 0 spiro atoms. The molecule has 1 heterocycles. The first kappa shape index (κ1) is 18.1. The van der Waals surface area contributed by atoms with Crippen molar-refractivity contribution < 1.29 is 14.2 Å². The van der Waals surface area contributed by atoms with Gasteiger partial charge in [0.05, 0.1) is 19.2 Å². The van der Waals surface area contributed by atoms with Gasteiger partial charge in [0, 0.05) is 23.4 Å². The number of aliphatic hydroxyl groups is 1. The zero-order valence-electron chi connectivity index (χ0n) is 14.9. The second-order valence-corrected chi connectivity index (χ2v) is 6.71. The van der Waals surface area contributed by atoms with Gasteiger partial charge in [-0.1, -0.05) is 37.3 Å². The standard InChI is InChI=1S/C20H22FN3O2/c1-20(12-25,10-14-6-4-3-5-7-14)11-22-19-15-8-18(26-2)16(21)9-17(15)23-13-24-19/h3-9,13,25H,10-12H2,1-2H3,(H,22,23,24). The number of halogens is 1. The molecule has 2 aromatic carbocycles. The maximum Gasteiger partial charge on any atom is 0.167 e. The molecule has 0 amide bonds. The molecule has 0 aliphatic rings. The van der Waals surface area contributed by atoms with Crippen LogP contribution in [0.25, 0.3) is 10.9 Å². The van der Waals surface area contributed by atoms with Gasteiger partial charge in [0.25, 0.3) is 0 Å². The average molecular weight is 355 g/mol. The summed E-state index contributed by atoms with van der Waals surface area (Å²) in [4.78, 5) is 8.39. The number of methoxy groups -OCH3 is 1. The smallest absolute Gasteiger partial charge is 0.167 e. The van der Waals surface area contributed by atoms with E-state index in [1.807, 2.05) is 37.3 Å². The van der Waals surface area contributed by atoms with Crippen LogP contribution in [0.1, 0.15) is 12.5 Å². The third-order valence-corrected chi connectivity index (χ3v) is 4.45. The SMILES string of the molecule is COc1cc2c(NCC(C)(CO)Cc3ccccc3)ncnc2cc1F. The number of anilines is 1. The Kier molecular flexibility index (Phi) is 5.32. The van der Waals surface area contributed by atoms with E-state index >= 15 is 0 Å². The van der Waals surface area contributed by atoms with Crippen LogP contribution in [-0.2, 0) is 6.42 Å². The van der Waals surface area contributed by atoms with Crippen LogP contribution in [-0.4, -0.2) is 35.3 Å². The summed E-state index contributed by atoms with van der Waals surface area (Å²) < 4.78 is 18.9. The summed E-state index contributed by atoms with van der Waals surface area (Å²) in [5.41, 5.74) is 1.28. The second kappa shape index (κ2) is 7.66. The lowest BCUT2D eigenvalue weighted by molar-refractivity contribution is 0.153. The molecule has 26 heavy (non-hydrogen) atoms. The fourth-order valence-electron chi connectivity index (χ4n) is 2.92. The van der Waals surface area contributed by atoms with Crippen LogP contribution in [0.2, 0.25) is 0 Å². The number of rotatable bonds is 7. The molecule has 3 aromatic rings. The van der Waals surface area contributed by atoms with E-state index < -0.39 is 5.82 Å². The van der Waals surface area contributed by atoms with Gasteiger partial charge in [-0.3, -0.25) is 0 Å². The molecule has 3 rings (SSSR count). The maximum atomic E-state index is 13.9. The van der Waals surface area contributed by atoms with Crippen molar-refractivity contribution >= 4 is 16.7 Å². The number of aliphatic hydroxyl groups excluding tert-OH is 1. The summed E-state index contributed by atoms with van der Waals surface area (Å²) in [5.74, 6) is 0.263. The normalized spacial score (nSPS) is 13.4. The zero-order chi connectivity index (χ0) is 18.6. The van der Waals surface area contributed by atoms with E-state index in [9.17, 15) is 9.50 Å². The summed E-state index contributed by atoms with van der Waals surface area (Å²) in [6, 6.07) is 12.9. The topological polar surface area (TPSA) is 67.3 Å². The second-order valence-electron chi connectivity index (χ2n) is 6.71. The highest BCUT2D eigenvalue weighted by Crippen LogP contribution is 2.29. The van der Waals surface area contributed by atoms with Crippen LogP contribution in [0.5, 0.6) is 5.75 Å². The number of aromatic nitrogens is 2. The molecule has 0 saturated heterocycles. The molecule has 6 heteroatoms. The molecular formula is C20H22FN3O2. The Bertz CT molecular complexity index is 889. The summed E-state index contributed by atoms with van der Waals surface area (Å²) in [5, 5.41) is 13.9. The lowest BCUT2D eigenvalue weighted by Gasteiger charge is -2.28. The van der Waals surface area contributed by atoms with Crippen molar-refractivity contribution in [2.24, 2.45) is 5.41 Å². The predicted molar refractivity (Wildman–Crippen MR) is 99.9 cm³/mol. The highest BCUT2D eigenvalue weighted by molar-refractivity contribution is 5.90. The van der Waals surface area contributed by atoms with Crippen molar-refractivity contribution in [3.8, 4) is 5.75 Å². The molecule has 1 aromatic heterocycles. The summed E-state index contributed by atoms with van der Waals surface area (Å²) >= 11 is 0. The first-order chi connectivity index (χ1) is 12.5. The van der Waals surface area contributed by atoms with Gasteiger partial charge in [0.1, 0.15) is 12.1 Å². The number of benzene rings is 2. The summed E-state index contributed by atoms with van der Waals surface area (Å²) in [6.45, 7) is 2.54. The van der Waals surface area contributed by atoms with Crippen LogP contribution in [0.4, 0.5) is 10.2 Å². The van der Waals surface area contributed by atoms with E-state index in [4.69, 9.17) is 4.74 Å². The summed E-state index contributed by atoms with van der Waals surface area (Å²) in [6.07, 6.45) is 2.11. The van der Waals surface area contributed by atoms with Crippen LogP contribution in [0, 0.1) is 11.2 Å². The average Bonchev–Trinajstić information content (AvgIpc) is 2.66. The van der Waals surface area contributed by atoms with Gasteiger partial charge >= 0.3 is 0 Å². The third-order valence-electron chi connectivity index (χ3n) is 4.45. The number of ether oxygens (including phenoxy) is 1. The quantitative estimate of drug-likeness (QED) is 0.680. The molecule has 1 atom stereocenters. The van der Waals surface area contributed by atoms with Crippen molar-refractivity contribution in [2.45, 2.75) is 13.3 Å². The lowest BCUT2D eigenvalue weighted by atomic mass is 9.84. The van der Waals surface area contributed by atoms with Gasteiger partial charge in [-0.05, 0) is 18.1 Å². The summed E-state index contributed by atoms with van der Waals surface area (Å²) in [7, 11) is 1.42. The maximum absolute atomic E-state index is 13.9. The molecule has 2 N–H and O–H groups in total. The van der Waals surface area contributed by atoms with Gasteiger partial charge in [-0.2, -0.15) is 0 Å². The van der Waals surface area contributed by atoms with Crippen LogP contribution in [0.15, 0.2) is 48.8 Å². The number of nitrogens with zero attached hydrogens (tertiary/aromatic N) is 2. The van der Waals surface area contributed by atoms with Crippen molar-refractivity contribution in [1.29, 1.82) is 0 Å². The Morgan fingerprint density at radius 1 is 1.19 bits per heavy atom. The molecule has 1 unspecified atom stereocenters. The lowest BCUT2D eigenvalue weighted by Crippen LogP contribution is -2.33. The largest absolute Gasteiger partial charge is 0.494 e. The molecule has 136 valence electrons. The Hall–Kier alpha value is -2.73. The first-order valence-electron chi connectivity index (χ1n) is 8.41. The molecule has 0 aliphatic heterocycles. The van der Waals surface area contributed by atoms with Gasteiger partial charge in [0.15, 0.2) is 11.6 Å². The highest BCUT2D eigenvalue weighted by Gasteiger charge is 2.24. The number of hydrogen-bond acceptors (Lipinski definition) is 5. The van der Waals surface area contributed by atoms with Crippen LogP contribution >= 0.6 is 0 Å². The van der Waals surface area contributed by atoms with Gasteiger partial charge < -0.3 is 15.2 Å². The predicted octanol–water partition coefficient (Wildman–Crippen LogP) is 3.43. The minimum absolute atomic E-state index is 0.0237. The third kappa shape index (κ3) is 3.91. The molecular weight excluding hydrogens is 333 g/mol. The fourth-order valence-corrected chi connectivity index (χ4v) is 2.92. The fraction of sp³-hybridized carbons (Fsp3) is 0.300. The number of hydrogen-bond donors (Lipinski definition) is 2. The molecule has 0 fully saturated rings. The van der Waals surface area contributed by atoms with E-state index in [1.165, 1.54) is 19.5 Å². The monoisotopic (exact) mass is 355 g/mol. The Balaban J connectivity index is 1.83. The van der Waals surface area contributed by atoms with Crippen molar-refractivity contribution in [1.82, 2.24) is 9.97 Å². The van der Waals surface area contributed by atoms with E-state index in [1.54, 1.807) is 6.07 Å². The molecule has 0 bridgehead atoms. The van der Waals surface area contributed by atoms with Crippen molar-refractivity contribution in [3.63, 3.8) is 0 Å². The highest BCUT2D eigenvalue weighted by atomic mass is 19.1. The number of fused-ring (bicyclic) bond motifs is 1. The van der Waals surface area contributed by atoms with Crippen molar-refractivity contribution in [3.05, 3.63) is 60.2 Å². The first-order valence-corrected chi connectivity index (χ1v) is 8.41. The van der Waals surface area contributed by atoms with E-state index in [-0.39, 0.29) is 17.8 Å². The number of nitrogens with one attached hydrogen (secondary N) is 1. The zero-order valence-corrected chi connectivity index (χ0v) is 14.9. The molecule has 0 radical (unpaired) electrons. The Morgan fingerprint density at radius 2 is 1.96 bits per heavy atom. The Morgan fingerprint density at radius 3 is 2.65 bits per heavy atom. The Labute approximate surface area is 151 Å².